The molecule has 0 spiro atoms. The number of methoxy groups -OCH3 is 1. The minimum absolute atomic E-state index is 0.0222. The zero-order valence-electron chi connectivity index (χ0n) is 13.6. The number of hydrogen-bond donors (Lipinski definition) is 0. The number of fused-ring (bicyclic) bond motifs is 1. The summed E-state index contributed by atoms with van der Waals surface area (Å²) < 4.78 is 37.1. The second-order valence-corrected chi connectivity index (χ2v) is 5.87. The summed E-state index contributed by atoms with van der Waals surface area (Å²) in [7, 11) is 1.41. The van der Waals surface area contributed by atoms with E-state index in [0.717, 1.165) is 19.3 Å². The lowest BCUT2D eigenvalue weighted by Gasteiger charge is -2.28. The molecule has 0 unspecified atom stereocenters. The molecule has 0 radical (unpaired) electrons. The van der Waals surface area contributed by atoms with Crippen molar-refractivity contribution in [1.82, 2.24) is 4.98 Å². The molecule has 1 aliphatic rings. The van der Waals surface area contributed by atoms with E-state index in [9.17, 15) is 13.6 Å². The van der Waals surface area contributed by atoms with Gasteiger partial charge in [-0.1, -0.05) is 6.42 Å². The third kappa shape index (κ3) is 2.92. The monoisotopic (exact) mass is 335 g/mol. The Balaban J connectivity index is 2.16. The summed E-state index contributed by atoms with van der Waals surface area (Å²) >= 11 is 0. The first-order chi connectivity index (χ1) is 11.5. The van der Waals surface area contributed by atoms with Crippen molar-refractivity contribution in [3.05, 3.63) is 34.9 Å². The quantitative estimate of drug-likeness (QED) is 0.748. The minimum Gasteiger partial charge on any atom is -0.480 e. The molecule has 0 aliphatic heterocycles. The van der Waals surface area contributed by atoms with Crippen LogP contribution in [0.15, 0.2) is 18.2 Å². The summed E-state index contributed by atoms with van der Waals surface area (Å²) in [6.45, 7) is 1.90. The van der Waals surface area contributed by atoms with Crippen molar-refractivity contribution >= 4 is 16.9 Å². The van der Waals surface area contributed by atoms with Crippen LogP contribution in [0, 0.1) is 0 Å². The topological polar surface area (TPSA) is 48.4 Å². The molecule has 1 aromatic heterocycles. The normalized spacial score (nSPS) is 14.7. The van der Waals surface area contributed by atoms with Crippen molar-refractivity contribution in [2.45, 2.75) is 38.5 Å². The fourth-order valence-electron chi connectivity index (χ4n) is 3.01. The molecule has 128 valence electrons. The highest BCUT2D eigenvalue weighted by molar-refractivity contribution is 5.96. The van der Waals surface area contributed by atoms with Crippen molar-refractivity contribution < 1.29 is 23.0 Å². The molecular formula is C18H19F2NO3. The molecule has 0 saturated heterocycles. The molecule has 0 amide bonds. The number of rotatable bonds is 5. The van der Waals surface area contributed by atoms with Crippen LogP contribution in [0.2, 0.25) is 0 Å². The van der Waals surface area contributed by atoms with Gasteiger partial charge in [0.05, 0.1) is 19.2 Å². The van der Waals surface area contributed by atoms with Gasteiger partial charge in [0.1, 0.15) is 5.56 Å². The molecule has 1 aromatic carbocycles. The van der Waals surface area contributed by atoms with E-state index >= 15 is 0 Å². The summed E-state index contributed by atoms with van der Waals surface area (Å²) in [6.07, 6.45) is 0.342. The van der Waals surface area contributed by atoms with E-state index in [1.165, 1.54) is 19.2 Å². The van der Waals surface area contributed by atoms with E-state index in [4.69, 9.17) is 9.47 Å². The van der Waals surface area contributed by atoms with Gasteiger partial charge in [-0.3, -0.25) is 0 Å². The smallest absolute Gasteiger partial charge is 0.343 e. The van der Waals surface area contributed by atoms with Crippen molar-refractivity contribution in [1.29, 1.82) is 0 Å². The molecule has 0 bridgehead atoms. The second-order valence-electron chi connectivity index (χ2n) is 5.87. The van der Waals surface area contributed by atoms with Crippen molar-refractivity contribution in [2.75, 3.05) is 13.7 Å². The van der Waals surface area contributed by atoms with Gasteiger partial charge in [-0.25, -0.2) is 18.6 Å². The number of carbonyl (C=O) groups is 1. The molecule has 6 heteroatoms. The molecular weight excluding hydrogens is 316 g/mol. The lowest BCUT2D eigenvalue weighted by atomic mass is 9.78. The summed E-state index contributed by atoms with van der Waals surface area (Å²) in [6, 6.07) is 4.65. The summed E-state index contributed by atoms with van der Waals surface area (Å²) in [5, 5.41) is 0.484. The predicted octanol–water partition coefficient (Wildman–Crippen LogP) is 4.63. The minimum atomic E-state index is -2.56. The first kappa shape index (κ1) is 16.6. The van der Waals surface area contributed by atoms with Gasteiger partial charge in [-0.05, 0) is 49.4 Å². The predicted molar refractivity (Wildman–Crippen MR) is 85.8 cm³/mol. The largest absolute Gasteiger partial charge is 0.480 e. The molecule has 24 heavy (non-hydrogen) atoms. The number of nitrogens with zero attached hydrogens (tertiary/aromatic N) is 1. The average Bonchev–Trinajstić information content (AvgIpc) is 2.51. The van der Waals surface area contributed by atoms with Crippen LogP contribution in [0.3, 0.4) is 0 Å². The van der Waals surface area contributed by atoms with E-state index in [1.807, 2.05) is 0 Å². The highest BCUT2D eigenvalue weighted by atomic mass is 19.3. The van der Waals surface area contributed by atoms with Crippen LogP contribution in [0.1, 0.15) is 60.0 Å². The fourth-order valence-corrected chi connectivity index (χ4v) is 3.01. The van der Waals surface area contributed by atoms with Gasteiger partial charge in [0.2, 0.25) is 5.88 Å². The van der Waals surface area contributed by atoms with Crippen LogP contribution in [0.25, 0.3) is 10.9 Å². The third-order valence-corrected chi connectivity index (χ3v) is 4.45. The highest BCUT2D eigenvalue weighted by Crippen LogP contribution is 2.42. The molecule has 4 nitrogen and oxygen atoms in total. The third-order valence-electron chi connectivity index (χ3n) is 4.45. The molecule has 1 fully saturated rings. The Morgan fingerprint density at radius 2 is 2.08 bits per heavy atom. The Labute approximate surface area is 138 Å². The first-order valence-corrected chi connectivity index (χ1v) is 8.03. The van der Waals surface area contributed by atoms with E-state index in [-0.39, 0.29) is 29.5 Å². The number of hydrogen-bond acceptors (Lipinski definition) is 4. The standard InChI is InChI=1S/C18H19F2NO3/c1-3-24-18(22)14-8-11-7-13(16(19)20)12(10-5-4-6-10)9-15(11)21-17(14)23-2/h7-10,16H,3-6H2,1-2H3. The van der Waals surface area contributed by atoms with Gasteiger partial charge in [0.15, 0.2) is 0 Å². The SMILES string of the molecule is CCOC(=O)c1cc2cc(C(F)F)c(C3CCC3)cc2nc1OC. The molecule has 3 rings (SSSR count). The molecule has 0 N–H and O–H groups in total. The zero-order valence-corrected chi connectivity index (χ0v) is 13.6. The van der Waals surface area contributed by atoms with Crippen LogP contribution in [-0.4, -0.2) is 24.7 Å². The molecule has 1 saturated carbocycles. The maximum Gasteiger partial charge on any atom is 0.343 e. The summed E-state index contributed by atoms with van der Waals surface area (Å²) in [5.74, 6) is -0.272. The zero-order chi connectivity index (χ0) is 17.3. The van der Waals surface area contributed by atoms with Crippen molar-refractivity contribution in [2.24, 2.45) is 0 Å². The van der Waals surface area contributed by atoms with Gasteiger partial charge < -0.3 is 9.47 Å². The Morgan fingerprint density at radius 1 is 1.33 bits per heavy atom. The number of halogens is 2. The van der Waals surface area contributed by atoms with Gasteiger partial charge in [0.25, 0.3) is 6.43 Å². The Bertz CT molecular complexity index is 772. The van der Waals surface area contributed by atoms with Crippen LogP contribution in [0.4, 0.5) is 8.78 Å². The van der Waals surface area contributed by atoms with Crippen LogP contribution < -0.4 is 4.74 Å². The average molecular weight is 335 g/mol. The molecule has 0 atom stereocenters. The number of carbonyl (C=O) groups excluding carboxylic acids is 1. The number of alkyl halides is 2. The van der Waals surface area contributed by atoms with Gasteiger partial charge in [0, 0.05) is 10.9 Å². The molecule has 1 aliphatic carbocycles. The number of pyridine rings is 1. The number of aromatic nitrogens is 1. The van der Waals surface area contributed by atoms with Crippen LogP contribution >= 0.6 is 0 Å². The number of ether oxygens (including phenoxy) is 2. The lowest BCUT2D eigenvalue weighted by molar-refractivity contribution is 0.0522. The second kappa shape index (κ2) is 6.71. The molecule has 2 aromatic rings. The van der Waals surface area contributed by atoms with Gasteiger partial charge >= 0.3 is 5.97 Å². The maximum absolute atomic E-state index is 13.5. The number of esters is 1. The molecule has 1 heterocycles. The van der Waals surface area contributed by atoms with Gasteiger partial charge in [-0.2, -0.15) is 0 Å². The Hall–Kier alpha value is -2.24. The highest BCUT2D eigenvalue weighted by Gasteiger charge is 2.27. The maximum atomic E-state index is 13.5. The fraction of sp³-hybridized carbons (Fsp3) is 0.444. The van der Waals surface area contributed by atoms with E-state index in [1.54, 1.807) is 13.0 Å². The summed E-state index contributed by atoms with van der Waals surface area (Å²) in [4.78, 5) is 16.4. The van der Waals surface area contributed by atoms with Crippen molar-refractivity contribution in [3.63, 3.8) is 0 Å². The van der Waals surface area contributed by atoms with Crippen LogP contribution in [-0.2, 0) is 4.74 Å². The van der Waals surface area contributed by atoms with E-state index < -0.39 is 12.4 Å². The van der Waals surface area contributed by atoms with E-state index in [2.05, 4.69) is 4.98 Å². The summed E-state index contributed by atoms with van der Waals surface area (Å²) in [5.41, 5.74) is 1.37. The number of benzene rings is 1. The Kier molecular flexibility index (Phi) is 4.64. The first-order valence-electron chi connectivity index (χ1n) is 8.03. The van der Waals surface area contributed by atoms with E-state index in [0.29, 0.717) is 16.5 Å². The lowest BCUT2D eigenvalue weighted by Crippen LogP contribution is -2.12. The van der Waals surface area contributed by atoms with Crippen LogP contribution in [0.5, 0.6) is 5.88 Å². The van der Waals surface area contributed by atoms with Crippen molar-refractivity contribution in [3.8, 4) is 5.88 Å². The Morgan fingerprint density at radius 3 is 2.62 bits per heavy atom. The van der Waals surface area contributed by atoms with Gasteiger partial charge in [-0.15, -0.1) is 0 Å².